The Bertz CT molecular complexity index is 784. The van der Waals surface area contributed by atoms with E-state index in [0.717, 1.165) is 22.0 Å². The molecule has 218 valence electrons. The monoisotopic (exact) mass is 770 g/mol. The highest BCUT2D eigenvalue weighted by molar-refractivity contribution is 9.10. The fraction of sp³-hybridized carbons (Fsp3) is 0.538. The van der Waals surface area contributed by atoms with Crippen LogP contribution in [0.4, 0.5) is 0 Å². The van der Waals surface area contributed by atoms with E-state index in [0.29, 0.717) is 0 Å². The molecule has 2 aromatic rings. The number of nitrogens with zero attached hydrogens (tertiary/aromatic N) is 4. The lowest BCUT2D eigenvalue weighted by Gasteiger charge is -2.35. The molecule has 38 heavy (non-hydrogen) atoms. The highest BCUT2D eigenvalue weighted by Crippen LogP contribution is 2.22. The Morgan fingerprint density at radius 1 is 0.474 bits per heavy atom. The van der Waals surface area contributed by atoms with Crippen molar-refractivity contribution in [1.82, 2.24) is 19.6 Å². The number of hydrogen-bond acceptors (Lipinski definition) is 6. The Morgan fingerprint density at radius 3 is 1.08 bits per heavy atom. The van der Waals surface area contributed by atoms with Gasteiger partial charge < -0.3 is 0 Å². The molecule has 0 radical (unpaired) electrons. The van der Waals surface area contributed by atoms with E-state index < -0.39 is 0 Å². The summed E-state index contributed by atoms with van der Waals surface area (Å²) in [7, 11) is 4.12. The summed E-state index contributed by atoms with van der Waals surface area (Å²) in [5, 5.41) is 0. The fourth-order valence-electron chi connectivity index (χ4n) is 4.49. The first-order valence-electron chi connectivity index (χ1n) is 12.3. The fourth-order valence-corrected chi connectivity index (χ4v) is 7.07. The molecule has 2 saturated heterocycles. The van der Waals surface area contributed by atoms with Crippen LogP contribution in [0, 0.1) is 0 Å². The Labute approximate surface area is 279 Å². The molecule has 0 aromatic heterocycles. The van der Waals surface area contributed by atoms with Gasteiger partial charge in [0.2, 0.25) is 0 Å². The second-order valence-corrected chi connectivity index (χ2v) is 13.7. The highest BCUT2D eigenvalue weighted by Gasteiger charge is 2.18. The summed E-state index contributed by atoms with van der Waals surface area (Å²) in [5.41, 5.74) is 2.82. The molecule has 2 aliphatic heterocycles. The average molecular weight is 774 g/mol. The summed E-state index contributed by atoms with van der Waals surface area (Å²) >= 11 is 7.05. The molecular formula is C26H40Br2Cl4N4S2. The molecular weight excluding hydrogens is 734 g/mol. The van der Waals surface area contributed by atoms with Gasteiger partial charge in [0.15, 0.2) is 0 Å². The molecule has 0 unspecified atom stereocenters. The third-order valence-corrected chi connectivity index (χ3v) is 10.1. The first-order chi connectivity index (χ1) is 16.6. The number of benzene rings is 2. The van der Waals surface area contributed by atoms with Crippen LogP contribution in [0.25, 0.3) is 0 Å². The maximum absolute atomic E-state index is 3.52. The van der Waals surface area contributed by atoms with E-state index in [2.05, 4.69) is 122 Å². The lowest BCUT2D eigenvalue weighted by molar-refractivity contribution is 0.132. The molecule has 2 aromatic carbocycles. The van der Waals surface area contributed by atoms with Crippen LogP contribution in [-0.2, 0) is 13.1 Å². The number of halogens is 6. The lowest BCUT2D eigenvalue weighted by Crippen LogP contribution is -2.46. The molecule has 0 bridgehead atoms. The summed E-state index contributed by atoms with van der Waals surface area (Å²) in [6, 6.07) is 17.5. The summed E-state index contributed by atoms with van der Waals surface area (Å²) < 4.78 is 2.32. The van der Waals surface area contributed by atoms with Crippen molar-refractivity contribution in [2.75, 3.05) is 77.0 Å². The molecule has 0 N–H and O–H groups in total. The summed E-state index contributed by atoms with van der Waals surface area (Å²) in [5.74, 6) is 2.47. The normalized spacial score (nSPS) is 17.0. The van der Waals surface area contributed by atoms with Gasteiger partial charge in [-0.2, -0.15) is 0 Å². The van der Waals surface area contributed by atoms with Gasteiger partial charge in [0.25, 0.3) is 0 Å². The van der Waals surface area contributed by atoms with Gasteiger partial charge in [0.05, 0.1) is 0 Å². The van der Waals surface area contributed by atoms with Crippen LogP contribution in [0.5, 0.6) is 0 Å². The largest absolute Gasteiger partial charge is 0.300 e. The van der Waals surface area contributed by atoms with Crippen LogP contribution in [0.2, 0.25) is 0 Å². The Hall–Kier alpha value is 1.10. The van der Waals surface area contributed by atoms with Crippen LogP contribution in [0.3, 0.4) is 0 Å². The number of hydrogen-bond donors (Lipinski definition) is 0. The predicted octanol–water partition coefficient (Wildman–Crippen LogP) is 7.22. The molecule has 2 fully saturated rings. The van der Waals surface area contributed by atoms with E-state index >= 15 is 0 Å². The minimum atomic E-state index is 0. The molecule has 0 aliphatic carbocycles. The molecule has 0 amide bonds. The third-order valence-electron chi connectivity index (χ3n) is 6.63. The number of piperazine rings is 2. The number of rotatable bonds is 11. The predicted molar refractivity (Wildman–Crippen MR) is 186 cm³/mol. The minimum absolute atomic E-state index is 0. The zero-order valence-electron chi connectivity index (χ0n) is 21.5. The standard InChI is InChI=1S/C26H36Br2N4S2.4ClH/c27-25-5-1-23(2-6-25)21-31-13-9-29(10-14-31)17-19-33-34-20-18-30-11-15-32(16-12-30)22-24-3-7-26(28)8-4-24;;;;/h1-8H,9-22H2;4*1H. The van der Waals surface area contributed by atoms with E-state index in [4.69, 9.17) is 0 Å². The molecule has 12 heteroatoms. The SMILES string of the molecule is Brc1ccc(CN2CCN(CCSSCCN3CCN(Cc4ccc(Br)cc4)CC3)CC2)cc1.Cl.Cl.Cl.Cl. The second kappa shape index (κ2) is 21.8. The van der Waals surface area contributed by atoms with Gasteiger partial charge in [0, 0.05) is 99.0 Å². The Morgan fingerprint density at radius 2 is 0.763 bits per heavy atom. The van der Waals surface area contributed by atoms with Crippen molar-refractivity contribution in [3.63, 3.8) is 0 Å². The van der Waals surface area contributed by atoms with Crippen LogP contribution in [0.1, 0.15) is 11.1 Å². The van der Waals surface area contributed by atoms with E-state index in [1.165, 1.54) is 88.1 Å². The first kappa shape index (κ1) is 39.1. The van der Waals surface area contributed by atoms with Crippen molar-refractivity contribution in [2.24, 2.45) is 0 Å². The maximum Gasteiger partial charge on any atom is 0.0234 e. The van der Waals surface area contributed by atoms with Crippen molar-refractivity contribution in [2.45, 2.75) is 13.1 Å². The summed E-state index contributed by atoms with van der Waals surface area (Å²) in [4.78, 5) is 10.4. The van der Waals surface area contributed by atoms with E-state index in [1.807, 2.05) is 0 Å². The Balaban J connectivity index is 0.00000342. The molecule has 4 rings (SSSR count). The van der Waals surface area contributed by atoms with E-state index in [1.54, 1.807) is 0 Å². The maximum atomic E-state index is 3.52. The van der Waals surface area contributed by atoms with Gasteiger partial charge >= 0.3 is 0 Å². The van der Waals surface area contributed by atoms with Gasteiger partial charge in [-0.05, 0) is 35.4 Å². The van der Waals surface area contributed by atoms with Gasteiger partial charge in [-0.1, -0.05) is 77.7 Å². The molecule has 0 spiro atoms. The topological polar surface area (TPSA) is 13.0 Å². The van der Waals surface area contributed by atoms with Crippen molar-refractivity contribution >= 4 is 103 Å². The molecule has 2 heterocycles. The quantitative estimate of drug-likeness (QED) is 0.176. The van der Waals surface area contributed by atoms with Crippen molar-refractivity contribution in [3.05, 3.63) is 68.6 Å². The van der Waals surface area contributed by atoms with Crippen molar-refractivity contribution in [3.8, 4) is 0 Å². The molecule has 2 aliphatic rings. The van der Waals surface area contributed by atoms with Crippen LogP contribution in [0.15, 0.2) is 57.5 Å². The van der Waals surface area contributed by atoms with Crippen molar-refractivity contribution in [1.29, 1.82) is 0 Å². The summed E-state index contributed by atoms with van der Waals surface area (Å²) in [6.07, 6.45) is 0. The zero-order valence-corrected chi connectivity index (χ0v) is 29.6. The van der Waals surface area contributed by atoms with Gasteiger partial charge in [0.1, 0.15) is 0 Å². The summed E-state index contributed by atoms with van der Waals surface area (Å²) in [6.45, 7) is 14.1. The van der Waals surface area contributed by atoms with Crippen molar-refractivity contribution < 1.29 is 0 Å². The third kappa shape index (κ3) is 14.3. The Kier molecular flexibility index (Phi) is 22.4. The lowest BCUT2D eigenvalue weighted by atomic mass is 10.2. The average Bonchev–Trinajstić information content (AvgIpc) is 2.86. The van der Waals surface area contributed by atoms with E-state index in [9.17, 15) is 0 Å². The molecule has 0 atom stereocenters. The molecule has 0 saturated carbocycles. The van der Waals surface area contributed by atoms with Gasteiger partial charge in [-0.25, -0.2) is 0 Å². The van der Waals surface area contributed by atoms with Crippen LogP contribution >= 0.6 is 103 Å². The molecule has 4 nitrogen and oxygen atoms in total. The second-order valence-electron chi connectivity index (χ2n) is 9.13. The van der Waals surface area contributed by atoms with Gasteiger partial charge in [-0.15, -0.1) is 49.6 Å². The van der Waals surface area contributed by atoms with Gasteiger partial charge in [-0.3, -0.25) is 19.6 Å². The highest BCUT2D eigenvalue weighted by atomic mass is 79.9. The van der Waals surface area contributed by atoms with E-state index in [-0.39, 0.29) is 49.6 Å². The smallest absolute Gasteiger partial charge is 0.0234 e. The zero-order chi connectivity index (χ0) is 23.6. The first-order valence-corrected chi connectivity index (χ1v) is 16.3. The van der Waals surface area contributed by atoms with Crippen LogP contribution < -0.4 is 0 Å². The van der Waals surface area contributed by atoms with Crippen LogP contribution in [-0.4, -0.2) is 96.6 Å². The minimum Gasteiger partial charge on any atom is -0.300 e.